The Kier molecular flexibility index (Phi) is 5.42. The molecule has 28 heavy (non-hydrogen) atoms. The van der Waals surface area contributed by atoms with E-state index in [0.717, 1.165) is 42.8 Å². The third-order valence-electron chi connectivity index (χ3n) is 5.22. The largest absolute Gasteiger partial charge is 0.488 e. The van der Waals surface area contributed by atoms with Gasteiger partial charge in [-0.05, 0) is 49.1 Å². The zero-order chi connectivity index (χ0) is 19.3. The van der Waals surface area contributed by atoms with Gasteiger partial charge in [-0.1, -0.05) is 30.3 Å². The van der Waals surface area contributed by atoms with Crippen molar-refractivity contribution >= 4 is 17.9 Å². The SMILES string of the molecule is O=C(NCc1ccc(C(=O)N2CCCCC2)cc1)C1=Cc2ccccc2OC1. The fraction of sp³-hybridized carbons (Fsp3) is 0.304. The van der Waals surface area contributed by atoms with Crippen LogP contribution in [0.1, 0.15) is 40.7 Å². The molecule has 2 aromatic carbocycles. The standard InChI is InChI=1S/C23H24N2O3/c26-22(20-14-19-6-2-3-7-21(19)28-16-20)24-15-17-8-10-18(11-9-17)23(27)25-12-4-1-5-13-25/h2-3,6-11,14H,1,4-5,12-13,15-16H2,(H,24,26). The van der Waals surface area contributed by atoms with Crippen LogP contribution in [-0.2, 0) is 11.3 Å². The second-order valence-electron chi connectivity index (χ2n) is 7.23. The molecular formula is C23H24N2O3. The number of nitrogens with one attached hydrogen (secondary N) is 1. The predicted molar refractivity (Wildman–Crippen MR) is 108 cm³/mol. The molecule has 1 fully saturated rings. The monoisotopic (exact) mass is 376 g/mol. The summed E-state index contributed by atoms with van der Waals surface area (Å²) in [6.45, 7) is 2.37. The van der Waals surface area contributed by atoms with Crippen LogP contribution in [0.4, 0.5) is 0 Å². The smallest absolute Gasteiger partial charge is 0.253 e. The van der Waals surface area contributed by atoms with E-state index < -0.39 is 0 Å². The summed E-state index contributed by atoms with van der Waals surface area (Å²) in [5.41, 5.74) is 3.19. The molecule has 1 N–H and O–H groups in total. The first-order valence-electron chi connectivity index (χ1n) is 9.79. The van der Waals surface area contributed by atoms with Crippen molar-refractivity contribution in [1.29, 1.82) is 0 Å². The van der Waals surface area contributed by atoms with Gasteiger partial charge in [-0.15, -0.1) is 0 Å². The summed E-state index contributed by atoms with van der Waals surface area (Å²) in [4.78, 5) is 26.9. The zero-order valence-corrected chi connectivity index (χ0v) is 15.8. The average Bonchev–Trinajstić information content (AvgIpc) is 2.77. The number of rotatable bonds is 4. The van der Waals surface area contributed by atoms with E-state index in [4.69, 9.17) is 4.74 Å². The van der Waals surface area contributed by atoms with Gasteiger partial charge in [0.1, 0.15) is 12.4 Å². The summed E-state index contributed by atoms with van der Waals surface area (Å²) in [6.07, 6.45) is 5.24. The second kappa shape index (κ2) is 8.30. The van der Waals surface area contributed by atoms with E-state index in [2.05, 4.69) is 5.32 Å². The Hall–Kier alpha value is -3.08. The molecule has 2 aliphatic heterocycles. The van der Waals surface area contributed by atoms with Crippen molar-refractivity contribution in [2.24, 2.45) is 0 Å². The molecule has 2 aliphatic rings. The van der Waals surface area contributed by atoms with Gasteiger partial charge in [0, 0.05) is 30.8 Å². The van der Waals surface area contributed by atoms with Gasteiger partial charge in [0.05, 0.1) is 5.57 Å². The summed E-state index contributed by atoms with van der Waals surface area (Å²) in [5, 5.41) is 2.93. The highest BCUT2D eigenvalue weighted by atomic mass is 16.5. The van der Waals surface area contributed by atoms with Crippen molar-refractivity contribution in [1.82, 2.24) is 10.2 Å². The number of amides is 2. The Morgan fingerprint density at radius 1 is 0.964 bits per heavy atom. The van der Waals surface area contributed by atoms with Crippen molar-refractivity contribution in [3.05, 3.63) is 70.8 Å². The highest BCUT2D eigenvalue weighted by Gasteiger charge is 2.19. The van der Waals surface area contributed by atoms with Crippen molar-refractivity contribution < 1.29 is 14.3 Å². The molecule has 0 unspecified atom stereocenters. The molecule has 0 aliphatic carbocycles. The lowest BCUT2D eigenvalue weighted by molar-refractivity contribution is -0.117. The van der Waals surface area contributed by atoms with Crippen LogP contribution in [-0.4, -0.2) is 36.4 Å². The highest BCUT2D eigenvalue weighted by Crippen LogP contribution is 2.25. The third kappa shape index (κ3) is 4.09. The number of hydrogen-bond donors (Lipinski definition) is 1. The molecule has 0 radical (unpaired) electrons. The van der Waals surface area contributed by atoms with E-state index >= 15 is 0 Å². The fourth-order valence-electron chi connectivity index (χ4n) is 3.59. The van der Waals surface area contributed by atoms with Crippen LogP contribution in [0.3, 0.4) is 0 Å². The van der Waals surface area contributed by atoms with Gasteiger partial charge in [0.25, 0.3) is 11.8 Å². The summed E-state index contributed by atoms with van der Waals surface area (Å²) in [5.74, 6) is 0.759. The molecule has 2 heterocycles. The molecule has 0 atom stereocenters. The maximum Gasteiger partial charge on any atom is 0.253 e. The minimum absolute atomic E-state index is 0.0958. The Morgan fingerprint density at radius 2 is 1.71 bits per heavy atom. The average molecular weight is 376 g/mol. The van der Waals surface area contributed by atoms with Gasteiger partial charge >= 0.3 is 0 Å². The van der Waals surface area contributed by atoms with Gasteiger partial charge in [-0.2, -0.15) is 0 Å². The molecule has 144 valence electrons. The molecule has 2 amide bonds. The first-order chi connectivity index (χ1) is 13.7. The van der Waals surface area contributed by atoms with Crippen LogP contribution in [0.15, 0.2) is 54.1 Å². The first kappa shape index (κ1) is 18.3. The molecule has 1 saturated heterocycles. The third-order valence-corrected chi connectivity index (χ3v) is 5.22. The quantitative estimate of drug-likeness (QED) is 0.890. The van der Waals surface area contributed by atoms with Crippen LogP contribution in [0.2, 0.25) is 0 Å². The number of piperidine rings is 1. The van der Waals surface area contributed by atoms with Crippen molar-refractivity contribution in [2.45, 2.75) is 25.8 Å². The van der Waals surface area contributed by atoms with Crippen LogP contribution >= 0.6 is 0 Å². The summed E-state index contributed by atoms with van der Waals surface area (Å²) < 4.78 is 5.64. The first-order valence-corrected chi connectivity index (χ1v) is 9.79. The number of carbonyl (C=O) groups is 2. The van der Waals surface area contributed by atoms with E-state index in [1.165, 1.54) is 6.42 Å². The Labute approximate surface area is 165 Å². The normalized spacial score (nSPS) is 15.9. The molecule has 2 aromatic rings. The number of carbonyl (C=O) groups excluding carboxylic acids is 2. The molecule has 0 saturated carbocycles. The maximum atomic E-state index is 12.5. The Balaban J connectivity index is 1.34. The Morgan fingerprint density at radius 3 is 2.50 bits per heavy atom. The molecule has 0 spiro atoms. The van der Waals surface area contributed by atoms with Gasteiger partial charge in [-0.25, -0.2) is 0 Å². The number of hydrogen-bond acceptors (Lipinski definition) is 3. The number of fused-ring (bicyclic) bond motifs is 1. The number of benzene rings is 2. The molecule has 4 rings (SSSR count). The molecule has 0 aromatic heterocycles. The number of nitrogens with zero attached hydrogens (tertiary/aromatic N) is 1. The van der Waals surface area contributed by atoms with Gasteiger partial charge < -0.3 is 15.0 Å². The lowest BCUT2D eigenvalue weighted by Gasteiger charge is -2.26. The number of likely N-dealkylation sites (tertiary alicyclic amines) is 1. The summed E-state index contributed by atoms with van der Waals surface area (Å²) in [7, 11) is 0. The predicted octanol–water partition coefficient (Wildman–Crippen LogP) is 3.40. The van der Waals surface area contributed by atoms with Gasteiger partial charge in [-0.3, -0.25) is 9.59 Å². The van der Waals surface area contributed by atoms with Crippen LogP contribution < -0.4 is 10.1 Å². The Bertz CT molecular complexity index is 896. The van der Waals surface area contributed by atoms with Crippen molar-refractivity contribution in [3.63, 3.8) is 0 Å². The minimum Gasteiger partial charge on any atom is -0.488 e. The van der Waals surface area contributed by atoms with Crippen LogP contribution in [0.25, 0.3) is 6.08 Å². The lowest BCUT2D eigenvalue weighted by Crippen LogP contribution is -2.35. The number of para-hydroxylation sites is 1. The van der Waals surface area contributed by atoms with E-state index in [-0.39, 0.29) is 18.4 Å². The summed E-state index contributed by atoms with van der Waals surface area (Å²) in [6, 6.07) is 15.2. The lowest BCUT2D eigenvalue weighted by atomic mass is 10.1. The van der Waals surface area contributed by atoms with E-state index in [0.29, 0.717) is 17.7 Å². The topological polar surface area (TPSA) is 58.6 Å². The maximum absolute atomic E-state index is 12.5. The van der Waals surface area contributed by atoms with Crippen LogP contribution in [0.5, 0.6) is 5.75 Å². The van der Waals surface area contributed by atoms with E-state index in [1.54, 1.807) is 0 Å². The molecule has 0 bridgehead atoms. The second-order valence-corrected chi connectivity index (χ2v) is 7.23. The van der Waals surface area contributed by atoms with Gasteiger partial charge in [0.2, 0.25) is 0 Å². The minimum atomic E-state index is -0.136. The fourth-order valence-corrected chi connectivity index (χ4v) is 3.59. The van der Waals surface area contributed by atoms with Crippen molar-refractivity contribution in [2.75, 3.05) is 19.7 Å². The zero-order valence-electron chi connectivity index (χ0n) is 15.8. The van der Waals surface area contributed by atoms with Gasteiger partial charge in [0.15, 0.2) is 0 Å². The van der Waals surface area contributed by atoms with Crippen molar-refractivity contribution in [3.8, 4) is 5.75 Å². The number of ether oxygens (including phenoxy) is 1. The molecule has 5 heteroatoms. The molecular weight excluding hydrogens is 352 g/mol. The summed E-state index contributed by atoms with van der Waals surface area (Å²) >= 11 is 0. The van der Waals surface area contributed by atoms with E-state index in [1.807, 2.05) is 59.5 Å². The van der Waals surface area contributed by atoms with E-state index in [9.17, 15) is 9.59 Å². The highest BCUT2D eigenvalue weighted by molar-refractivity contribution is 5.99. The van der Waals surface area contributed by atoms with Crippen LogP contribution in [0, 0.1) is 0 Å². The molecule has 5 nitrogen and oxygen atoms in total.